The van der Waals surface area contributed by atoms with Gasteiger partial charge in [0.25, 0.3) is 0 Å². The highest BCUT2D eigenvalue weighted by molar-refractivity contribution is 9.10. The van der Waals surface area contributed by atoms with Crippen molar-refractivity contribution in [3.05, 3.63) is 58.5 Å². The van der Waals surface area contributed by atoms with Gasteiger partial charge in [-0.15, -0.1) is 0 Å². The summed E-state index contributed by atoms with van der Waals surface area (Å²) in [5, 5.41) is 10.5. The Morgan fingerprint density at radius 3 is 2.88 bits per heavy atom. The number of carbonyl (C=O) groups excluding carboxylic acids is 1. The first-order chi connectivity index (χ1) is 12.0. The van der Waals surface area contributed by atoms with Gasteiger partial charge in [-0.25, -0.2) is 0 Å². The molecule has 25 heavy (non-hydrogen) atoms. The average molecular weight is 396 g/mol. The number of rotatable bonds is 3. The minimum Gasteiger partial charge on any atom is -0.496 e. The number of methoxy groups -OCH3 is 1. The van der Waals surface area contributed by atoms with Crippen LogP contribution in [0.3, 0.4) is 0 Å². The summed E-state index contributed by atoms with van der Waals surface area (Å²) < 4.78 is 7.73. The van der Waals surface area contributed by atoms with Gasteiger partial charge in [0.2, 0.25) is 5.91 Å². The van der Waals surface area contributed by atoms with Crippen molar-refractivity contribution < 1.29 is 9.53 Å². The van der Waals surface area contributed by atoms with E-state index in [1.807, 2.05) is 18.2 Å². The molecule has 0 radical (unpaired) electrons. The monoisotopic (exact) mass is 395 g/mol. The molecule has 2 aromatic heterocycles. The van der Waals surface area contributed by atoms with Crippen LogP contribution in [0.2, 0.25) is 0 Å². The molecule has 2 heterocycles. The fourth-order valence-electron chi connectivity index (χ4n) is 2.69. The molecule has 0 fully saturated rings. The molecule has 0 saturated carbocycles. The Labute approximate surface area is 153 Å². The molecule has 0 N–H and O–H groups in total. The Bertz CT molecular complexity index is 1040. The van der Waals surface area contributed by atoms with E-state index in [-0.39, 0.29) is 5.91 Å². The summed E-state index contributed by atoms with van der Waals surface area (Å²) >= 11 is 3.45. The standard InChI is InChI=1S/C19H14BrN3O2/c1-12(24)23-11-17(16-8-15(20)3-4-18(16)23)13(9-21)7-14-10-22-6-5-19(14)25-2/h3-8,10-11H,1-2H3/b13-7+. The first-order valence-corrected chi connectivity index (χ1v) is 8.26. The number of hydrogen-bond acceptors (Lipinski definition) is 4. The van der Waals surface area contributed by atoms with Gasteiger partial charge in [0.05, 0.1) is 24.3 Å². The lowest BCUT2D eigenvalue weighted by Crippen LogP contribution is -2.02. The minimum atomic E-state index is -0.116. The number of allylic oxidation sites excluding steroid dienone is 1. The summed E-state index contributed by atoms with van der Waals surface area (Å²) in [7, 11) is 1.57. The van der Waals surface area contributed by atoms with Gasteiger partial charge in [0.15, 0.2) is 0 Å². The Morgan fingerprint density at radius 2 is 2.20 bits per heavy atom. The van der Waals surface area contributed by atoms with Crippen molar-refractivity contribution in [2.24, 2.45) is 0 Å². The van der Waals surface area contributed by atoms with Crippen molar-refractivity contribution in [2.45, 2.75) is 6.92 Å². The van der Waals surface area contributed by atoms with Crippen LogP contribution in [0, 0.1) is 11.3 Å². The van der Waals surface area contributed by atoms with Gasteiger partial charge in [-0.2, -0.15) is 5.26 Å². The first-order valence-electron chi connectivity index (χ1n) is 7.47. The third kappa shape index (κ3) is 3.19. The van der Waals surface area contributed by atoms with E-state index < -0.39 is 0 Å². The smallest absolute Gasteiger partial charge is 0.227 e. The Hall–Kier alpha value is -2.91. The van der Waals surface area contributed by atoms with Crippen LogP contribution in [0.1, 0.15) is 22.8 Å². The molecule has 5 nitrogen and oxygen atoms in total. The zero-order chi connectivity index (χ0) is 18.0. The lowest BCUT2D eigenvalue weighted by molar-refractivity contribution is 0.0941. The van der Waals surface area contributed by atoms with E-state index >= 15 is 0 Å². The Balaban J connectivity index is 2.26. The predicted molar refractivity (Wildman–Crippen MR) is 100 cm³/mol. The molecule has 0 amide bonds. The maximum atomic E-state index is 11.9. The molecule has 0 aliphatic heterocycles. The molecule has 3 aromatic rings. The van der Waals surface area contributed by atoms with E-state index in [0.29, 0.717) is 22.4 Å². The molecule has 0 bridgehead atoms. The quantitative estimate of drug-likeness (QED) is 0.610. The second kappa shape index (κ2) is 6.91. The second-order valence-electron chi connectivity index (χ2n) is 5.38. The summed E-state index contributed by atoms with van der Waals surface area (Å²) in [6, 6.07) is 9.57. The highest BCUT2D eigenvalue weighted by Gasteiger charge is 2.15. The molecule has 1 aromatic carbocycles. The van der Waals surface area contributed by atoms with Gasteiger partial charge in [-0.3, -0.25) is 14.3 Å². The Morgan fingerprint density at radius 1 is 1.40 bits per heavy atom. The minimum absolute atomic E-state index is 0.116. The topological polar surface area (TPSA) is 67.9 Å². The van der Waals surface area contributed by atoms with Crippen LogP contribution < -0.4 is 4.74 Å². The van der Waals surface area contributed by atoms with E-state index in [2.05, 4.69) is 27.0 Å². The molecule has 0 aliphatic rings. The Kier molecular flexibility index (Phi) is 4.68. The zero-order valence-corrected chi connectivity index (χ0v) is 15.2. The number of carbonyl (C=O) groups is 1. The summed E-state index contributed by atoms with van der Waals surface area (Å²) in [5.74, 6) is 0.508. The van der Waals surface area contributed by atoms with Gasteiger partial charge in [0, 0.05) is 46.5 Å². The fourth-order valence-corrected chi connectivity index (χ4v) is 3.05. The van der Waals surface area contributed by atoms with Crippen molar-refractivity contribution >= 4 is 44.4 Å². The van der Waals surface area contributed by atoms with E-state index in [0.717, 1.165) is 15.4 Å². The highest BCUT2D eigenvalue weighted by atomic mass is 79.9. The largest absolute Gasteiger partial charge is 0.496 e. The first kappa shape index (κ1) is 16.9. The fraction of sp³-hybridized carbons (Fsp3) is 0.105. The molecule has 0 aliphatic carbocycles. The van der Waals surface area contributed by atoms with Gasteiger partial charge in [0.1, 0.15) is 5.75 Å². The molecule has 0 spiro atoms. The number of aromatic nitrogens is 2. The summed E-state index contributed by atoms with van der Waals surface area (Å²) in [5.41, 5.74) is 2.56. The van der Waals surface area contributed by atoms with Gasteiger partial charge >= 0.3 is 0 Å². The van der Waals surface area contributed by atoms with E-state index in [4.69, 9.17) is 4.74 Å². The van der Waals surface area contributed by atoms with Gasteiger partial charge in [-0.1, -0.05) is 15.9 Å². The lowest BCUT2D eigenvalue weighted by atomic mass is 10.0. The van der Waals surface area contributed by atoms with Crippen LogP contribution in [-0.4, -0.2) is 22.6 Å². The van der Waals surface area contributed by atoms with Crippen molar-refractivity contribution in [3.8, 4) is 11.8 Å². The van der Waals surface area contributed by atoms with Crippen LogP contribution in [0.5, 0.6) is 5.75 Å². The molecule has 3 rings (SSSR count). The number of halogens is 1. The maximum absolute atomic E-state index is 11.9. The molecule has 0 saturated heterocycles. The number of ether oxygens (including phenoxy) is 1. The van der Waals surface area contributed by atoms with Crippen LogP contribution in [0.15, 0.2) is 47.3 Å². The van der Waals surface area contributed by atoms with Crippen molar-refractivity contribution in [2.75, 3.05) is 7.11 Å². The number of benzene rings is 1. The predicted octanol–water partition coefficient (Wildman–Crippen LogP) is 4.53. The third-order valence-electron chi connectivity index (χ3n) is 3.85. The van der Waals surface area contributed by atoms with Crippen LogP contribution >= 0.6 is 15.9 Å². The third-order valence-corrected chi connectivity index (χ3v) is 4.34. The van der Waals surface area contributed by atoms with E-state index in [1.54, 1.807) is 42.4 Å². The highest BCUT2D eigenvalue weighted by Crippen LogP contribution is 2.32. The zero-order valence-electron chi connectivity index (χ0n) is 13.7. The number of nitrogens with zero attached hydrogens (tertiary/aromatic N) is 3. The lowest BCUT2D eigenvalue weighted by Gasteiger charge is -2.04. The summed E-state index contributed by atoms with van der Waals surface area (Å²) in [6.45, 7) is 1.49. The van der Waals surface area contributed by atoms with Crippen molar-refractivity contribution in [3.63, 3.8) is 0 Å². The molecular weight excluding hydrogens is 382 g/mol. The molecular formula is C19H14BrN3O2. The van der Waals surface area contributed by atoms with Crippen molar-refractivity contribution in [1.29, 1.82) is 5.26 Å². The van der Waals surface area contributed by atoms with Gasteiger partial charge in [-0.05, 0) is 30.3 Å². The van der Waals surface area contributed by atoms with Crippen LogP contribution in [0.4, 0.5) is 0 Å². The van der Waals surface area contributed by atoms with Crippen LogP contribution in [0.25, 0.3) is 22.6 Å². The van der Waals surface area contributed by atoms with Crippen LogP contribution in [-0.2, 0) is 0 Å². The van der Waals surface area contributed by atoms with E-state index in [1.165, 1.54) is 6.92 Å². The summed E-state index contributed by atoms with van der Waals surface area (Å²) in [4.78, 5) is 16.0. The number of nitriles is 1. The number of pyridine rings is 1. The number of hydrogen-bond donors (Lipinski definition) is 0. The average Bonchev–Trinajstić information content (AvgIpc) is 2.98. The molecule has 124 valence electrons. The summed E-state index contributed by atoms with van der Waals surface area (Å²) in [6.07, 6.45) is 6.67. The molecule has 0 atom stereocenters. The van der Waals surface area contributed by atoms with E-state index in [9.17, 15) is 10.1 Å². The second-order valence-corrected chi connectivity index (χ2v) is 6.30. The maximum Gasteiger partial charge on any atom is 0.227 e. The SMILES string of the molecule is COc1ccncc1/C=C(\C#N)c1cn(C(C)=O)c2ccc(Br)cc12. The molecule has 6 heteroatoms. The van der Waals surface area contributed by atoms with Crippen molar-refractivity contribution in [1.82, 2.24) is 9.55 Å². The molecule has 0 unspecified atom stereocenters. The van der Waals surface area contributed by atoms with Gasteiger partial charge < -0.3 is 4.74 Å². The normalized spacial score (nSPS) is 11.4. The number of fused-ring (bicyclic) bond motifs is 1.